The van der Waals surface area contributed by atoms with Gasteiger partial charge in [0.05, 0.1) is 18.2 Å². The summed E-state index contributed by atoms with van der Waals surface area (Å²) in [7, 11) is -2.35. The number of nitrogens with one attached hydrogen (secondary N) is 1. The van der Waals surface area contributed by atoms with Crippen molar-refractivity contribution in [3.63, 3.8) is 0 Å². The molecule has 0 aliphatic rings. The van der Waals surface area contributed by atoms with Crippen LogP contribution in [0.4, 0.5) is 0 Å². The number of carbonyl (C=O) groups is 1. The van der Waals surface area contributed by atoms with Gasteiger partial charge in [-0.2, -0.15) is 0 Å². The lowest BCUT2D eigenvalue weighted by molar-refractivity contribution is 0.0600. The first kappa shape index (κ1) is 19.0. The maximum atomic E-state index is 12.7. The third-order valence-corrected chi connectivity index (χ3v) is 5.67. The summed E-state index contributed by atoms with van der Waals surface area (Å²) in [4.78, 5) is 15.9. The summed E-state index contributed by atoms with van der Waals surface area (Å²) in [5.41, 5.74) is 2.80. The van der Waals surface area contributed by atoms with Crippen LogP contribution in [0, 0.1) is 6.92 Å². The Labute approximate surface area is 158 Å². The van der Waals surface area contributed by atoms with Crippen LogP contribution in [-0.2, 0) is 21.2 Å². The molecule has 0 unspecified atom stereocenters. The summed E-state index contributed by atoms with van der Waals surface area (Å²) in [5.74, 6) is -0.402. The number of nitrogens with zero attached hydrogens (tertiary/aromatic N) is 1. The van der Waals surface area contributed by atoms with Crippen LogP contribution in [0.5, 0.6) is 0 Å². The van der Waals surface area contributed by atoms with Crippen LogP contribution in [0.25, 0.3) is 10.9 Å². The van der Waals surface area contributed by atoms with Crippen molar-refractivity contribution >= 4 is 26.9 Å². The van der Waals surface area contributed by atoms with Crippen molar-refractivity contribution in [1.82, 2.24) is 9.71 Å². The zero-order valence-corrected chi connectivity index (χ0v) is 15.9. The molecule has 3 rings (SSSR count). The van der Waals surface area contributed by atoms with Crippen LogP contribution >= 0.6 is 0 Å². The molecule has 27 heavy (non-hydrogen) atoms. The molecular formula is C20H20N2O4S. The van der Waals surface area contributed by atoms with E-state index in [1.54, 1.807) is 42.6 Å². The standard InChI is InChI=1S/C20H20N2O4S/c1-14-12-17-4-3-5-18(19(17)21-13-14)27(24,25)22-11-10-15-6-8-16(9-7-15)20(23)26-2/h3-9,12-13,22H,10-11H2,1-2H3. The van der Waals surface area contributed by atoms with Gasteiger partial charge in [0.1, 0.15) is 4.90 Å². The molecule has 3 aromatic rings. The number of benzene rings is 2. The van der Waals surface area contributed by atoms with Gasteiger partial charge in [-0.25, -0.2) is 17.9 Å². The van der Waals surface area contributed by atoms with Crippen molar-refractivity contribution < 1.29 is 17.9 Å². The number of sulfonamides is 1. The van der Waals surface area contributed by atoms with E-state index in [4.69, 9.17) is 0 Å². The molecule has 6 nitrogen and oxygen atoms in total. The molecule has 1 aromatic heterocycles. The molecule has 0 radical (unpaired) electrons. The van der Waals surface area contributed by atoms with Gasteiger partial charge in [-0.3, -0.25) is 4.98 Å². The molecule has 0 saturated carbocycles. The Morgan fingerprint density at radius 3 is 2.59 bits per heavy atom. The number of rotatable bonds is 6. The Kier molecular flexibility index (Phi) is 5.53. The first-order chi connectivity index (χ1) is 12.9. The monoisotopic (exact) mass is 384 g/mol. The van der Waals surface area contributed by atoms with Gasteiger partial charge in [-0.1, -0.05) is 24.3 Å². The number of para-hydroxylation sites is 1. The fourth-order valence-corrected chi connectivity index (χ4v) is 4.00. The van der Waals surface area contributed by atoms with E-state index in [0.29, 0.717) is 17.5 Å². The minimum atomic E-state index is -3.68. The number of pyridine rings is 1. The second kappa shape index (κ2) is 7.85. The first-order valence-corrected chi connectivity index (χ1v) is 9.91. The number of aryl methyl sites for hydroxylation is 1. The fraction of sp³-hybridized carbons (Fsp3) is 0.200. The molecule has 0 aliphatic carbocycles. The number of hydrogen-bond donors (Lipinski definition) is 1. The summed E-state index contributed by atoms with van der Waals surface area (Å²) in [5, 5.41) is 0.788. The van der Waals surface area contributed by atoms with Crippen molar-refractivity contribution in [1.29, 1.82) is 0 Å². The van der Waals surface area contributed by atoms with Crippen molar-refractivity contribution in [3.05, 3.63) is 71.4 Å². The van der Waals surface area contributed by atoms with Crippen LogP contribution in [0.15, 0.2) is 59.6 Å². The van der Waals surface area contributed by atoms with Crippen LogP contribution in [-0.4, -0.2) is 33.0 Å². The number of ether oxygens (including phenoxy) is 1. The smallest absolute Gasteiger partial charge is 0.337 e. The Morgan fingerprint density at radius 1 is 1.15 bits per heavy atom. The molecule has 0 aliphatic heterocycles. The lowest BCUT2D eigenvalue weighted by Gasteiger charge is -2.10. The van der Waals surface area contributed by atoms with E-state index in [1.165, 1.54) is 7.11 Å². The molecule has 7 heteroatoms. The number of methoxy groups -OCH3 is 1. The van der Waals surface area contributed by atoms with Gasteiger partial charge in [-0.15, -0.1) is 0 Å². The predicted octanol–water partition coefficient (Wildman–Crippen LogP) is 2.85. The van der Waals surface area contributed by atoms with Crippen LogP contribution in [0.2, 0.25) is 0 Å². The molecule has 0 fully saturated rings. The second-order valence-corrected chi connectivity index (χ2v) is 7.91. The Morgan fingerprint density at radius 2 is 1.89 bits per heavy atom. The minimum Gasteiger partial charge on any atom is -0.465 e. The van der Waals surface area contributed by atoms with Gasteiger partial charge >= 0.3 is 5.97 Å². The molecule has 0 spiro atoms. The number of carbonyl (C=O) groups excluding carboxylic acids is 1. The fourth-order valence-electron chi connectivity index (χ4n) is 2.79. The minimum absolute atomic E-state index is 0.168. The zero-order valence-electron chi connectivity index (χ0n) is 15.1. The quantitative estimate of drug-likeness (QED) is 0.661. The van der Waals surface area contributed by atoms with Crippen molar-refractivity contribution in [2.24, 2.45) is 0 Å². The highest BCUT2D eigenvalue weighted by atomic mass is 32.2. The molecule has 0 amide bonds. The van der Waals surface area contributed by atoms with Gasteiger partial charge in [0.15, 0.2) is 0 Å². The Balaban J connectivity index is 1.71. The summed E-state index contributed by atoms with van der Waals surface area (Å²) in [6.07, 6.45) is 2.15. The van der Waals surface area contributed by atoms with E-state index in [1.807, 2.05) is 19.1 Å². The van der Waals surface area contributed by atoms with Crippen molar-refractivity contribution in [2.75, 3.05) is 13.7 Å². The number of hydrogen-bond acceptors (Lipinski definition) is 5. The molecule has 140 valence electrons. The molecule has 2 aromatic carbocycles. The highest BCUT2D eigenvalue weighted by Crippen LogP contribution is 2.21. The Hall–Kier alpha value is -2.77. The van der Waals surface area contributed by atoms with Gasteiger partial charge in [0, 0.05) is 18.1 Å². The first-order valence-electron chi connectivity index (χ1n) is 8.43. The molecule has 0 bridgehead atoms. The predicted molar refractivity (Wildman–Crippen MR) is 103 cm³/mol. The molecule has 0 atom stereocenters. The van der Waals surface area contributed by atoms with Gasteiger partial charge in [-0.05, 0) is 48.7 Å². The van der Waals surface area contributed by atoms with E-state index in [9.17, 15) is 13.2 Å². The lowest BCUT2D eigenvalue weighted by atomic mass is 10.1. The van der Waals surface area contributed by atoms with Gasteiger partial charge < -0.3 is 4.74 Å². The molecule has 1 heterocycles. The summed E-state index contributed by atoms with van der Waals surface area (Å²) < 4.78 is 32.7. The summed E-state index contributed by atoms with van der Waals surface area (Å²) in [6, 6.07) is 13.9. The third-order valence-electron chi connectivity index (χ3n) is 4.18. The van der Waals surface area contributed by atoms with Gasteiger partial charge in [0.25, 0.3) is 0 Å². The zero-order chi connectivity index (χ0) is 19.4. The van der Waals surface area contributed by atoms with E-state index >= 15 is 0 Å². The highest BCUT2D eigenvalue weighted by molar-refractivity contribution is 7.89. The maximum absolute atomic E-state index is 12.7. The van der Waals surface area contributed by atoms with Crippen molar-refractivity contribution in [3.8, 4) is 0 Å². The normalized spacial score (nSPS) is 11.5. The van der Waals surface area contributed by atoms with Crippen LogP contribution in [0.1, 0.15) is 21.5 Å². The lowest BCUT2D eigenvalue weighted by Crippen LogP contribution is -2.26. The van der Waals surface area contributed by atoms with E-state index in [2.05, 4.69) is 14.4 Å². The topological polar surface area (TPSA) is 85.4 Å². The summed E-state index contributed by atoms with van der Waals surface area (Å²) >= 11 is 0. The number of fused-ring (bicyclic) bond motifs is 1. The Bertz CT molecular complexity index is 1080. The van der Waals surface area contributed by atoms with E-state index in [-0.39, 0.29) is 11.4 Å². The second-order valence-electron chi connectivity index (χ2n) is 6.18. The number of esters is 1. The molecule has 0 saturated heterocycles. The third kappa shape index (κ3) is 4.32. The average Bonchev–Trinajstić information content (AvgIpc) is 2.67. The van der Waals surface area contributed by atoms with Crippen LogP contribution in [0.3, 0.4) is 0 Å². The van der Waals surface area contributed by atoms with E-state index in [0.717, 1.165) is 16.5 Å². The summed E-state index contributed by atoms with van der Waals surface area (Å²) in [6.45, 7) is 2.15. The average molecular weight is 384 g/mol. The van der Waals surface area contributed by atoms with Crippen LogP contribution < -0.4 is 4.72 Å². The molecular weight excluding hydrogens is 364 g/mol. The SMILES string of the molecule is COC(=O)c1ccc(CCNS(=O)(=O)c2cccc3cc(C)cnc23)cc1. The van der Waals surface area contributed by atoms with Crippen molar-refractivity contribution in [2.45, 2.75) is 18.2 Å². The maximum Gasteiger partial charge on any atom is 0.337 e. The highest BCUT2D eigenvalue weighted by Gasteiger charge is 2.17. The molecule has 1 N–H and O–H groups in total. The number of aromatic nitrogens is 1. The van der Waals surface area contributed by atoms with E-state index < -0.39 is 16.0 Å². The largest absolute Gasteiger partial charge is 0.465 e. The van der Waals surface area contributed by atoms with Gasteiger partial charge in [0.2, 0.25) is 10.0 Å².